The lowest BCUT2D eigenvalue weighted by Crippen LogP contribution is -2.35. The second-order valence-electron chi connectivity index (χ2n) is 6.80. The molecule has 0 saturated carbocycles. The molecule has 1 atom stereocenters. The zero-order chi connectivity index (χ0) is 18.4. The third-order valence-electron chi connectivity index (χ3n) is 4.55. The molecule has 0 N–H and O–H groups in total. The molecule has 1 saturated heterocycles. The number of hydrogen-bond acceptors (Lipinski definition) is 4. The van der Waals surface area contributed by atoms with Crippen molar-refractivity contribution < 1.29 is 9.53 Å². The number of ether oxygens (including phenoxy) is 1. The molecule has 4 nitrogen and oxygen atoms in total. The van der Waals surface area contributed by atoms with Crippen molar-refractivity contribution in [2.75, 3.05) is 32.1 Å². The number of nitrogens with zero attached hydrogens (tertiary/aromatic N) is 2. The van der Waals surface area contributed by atoms with Gasteiger partial charge in [-0.05, 0) is 59.0 Å². The van der Waals surface area contributed by atoms with Gasteiger partial charge in [0.2, 0.25) is 5.91 Å². The second-order valence-corrected chi connectivity index (χ2v) is 7.58. The average Bonchev–Trinajstić information content (AvgIpc) is 3.33. The highest BCUT2D eigenvalue weighted by Gasteiger charge is 2.21. The predicted molar refractivity (Wildman–Crippen MR) is 109 cm³/mol. The van der Waals surface area contributed by atoms with Crippen LogP contribution in [0.5, 0.6) is 0 Å². The SMILES string of the molecule is CN(C)c1ccc(CN(CC2CCCO2)C(=O)C=Cc2ccsc2)cc1. The van der Waals surface area contributed by atoms with Crippen LogP contribution in [0.3, 0.4) is 0 Å². The number of carbonyl (C=O) groups is 1. The number of hydrogen-bond donors (Lipinski definition) is 0. The first-order valence-electron chi connectivity index (χ1n) is 8.99. The van der Waals surface area contributed by atoms with Crippen molar-refractivity contribution in [2.24, 2.45) is 0 Å². The van der Waals surface area contributed by atoms with Gasteiger partial charge in [0.1, 0.15) is 0 Å². The Kier molecular flexibility index (Phi) is 6.47. The van der Waals surface area contributed by atoms with E-state index in [-0.39, 0.29) is 12.0 Å². The Balaban J connectivity index is 1.70. The quantitative estimate of drug-likeness (QED) is 0.690. The first-order chi connectivity index (χ1) is 12.6. The van der Waals surface area contributed by atoms with Crippen molar-refractivity contribution in [3.05, 3.63) is 58.3 Å². The smallest absolute Gasteiger partial charge is 0.246 e. The van der Waals surface area contributed by atoms with Gasteiger partial charge in [-0.2, -0.15) is 11.3 Å². The van der Waals surface area contributed by atoms with Gasteiger partial charge >= 0.3 is 0 Å². The maximum Gasteiger partial charge on any atom is 0.246 e. The van der Waals surface area contributed by atoms with Crippen molar-refractivity contribution in [3.63, 3.8) is 0 Å². The minimum atomic E-state index is 0.0309. The number of thiophene rings is 1. The molecule has 1 aromatic carbocycles. The molecule has 1 aliphatic heterocycles. The molecule has 138 valence electrons. The summed E-state index contributed by atoms with van der Waals surface area (Å²) in [6.07, 6.45) is 5.81. The standard InChI is InChI=1S/C21H26N2O2S/c1-22(2)19-8-5-17(6-9-19)14-23(15-20-4-3-12-25-20)21(24)10-7-18-11-13-26-16-18/h5-11,13,16,20H,3-4,12,14-15H2,1-2H3. The highest BCUT2D eigenvalue weighted by atomic mass is 32.1. The van der Waals surface area contributed by atoms with Crippen molar-refractivity contribution in [2.45, 2.75) is 25.5 Å². The number of rotatable bonds is 7. The van der Waals surface area contributed by atoms with Crippen LogP contribution in [0, 0.1) is 0 Å². The lowest BCUT2D eigenvalue weighted by molar-refractivity contribution is -0.128. The highest BCUT2D eigenvalue weighted by Crippen LogP contribution is 2.18. The minimum Gasteiger partial charge on any atom is -0.378 e. The summed E-state index contributed by atoms with van der Waals surface area (Å²) in [6, 6.07) is 10.4. The monoisotopic (exact) mass is 370 g/mol. The van der Waals surface area contributed by atoms with Gasteiger partial charge in [-0.25, -0.2) is 0 Å². The Morgan fingerprint density at radius 1 is 1.27 bits per heavy atom. The summed E-state index contributed by atoms with van der Waals surface area (Å²) in [5, 5.41) is 4.05. The average molecular weight is 371 g/mol. The van der Waals surface area contributed by atoms with E-state index in [9.17, 15) is 4.79 Å². The van der Waals surface area contributed by atoms with Crippen molar-refractivity contribution >= 4 is 29.0 Å². The van der Waals surface area contributed by atoms with Gasteiger partial charge in [0.05, 0.1) is 6.10 Å². The van der Waals surface area contributed by atoms with Gasteiger partial charge < -0.3 is 14.5 Å². The first kappa shape index (κ1) is 18.7. The van der Waals surface area contributed by atoms with E-state index in [1.54, 1.807) is 17.4 Å². The Morgan fingerprint density at radius 3 is 2.69 bits per heavy atom. The predicted octanol–water partition coefficient (Wildman–Crippen LogP) is 4.04. The molecule has 1 fully saturated rings. The van der Waals surface area contributed by atoms with E-state index in [4.69, 9.17) is 4.74 Å². The van der Waals surface area contributed by atoms with Crippen LogP contribution in [-0.2, 0) is 16.1 Å². The molecule has 1 aromatic heterocycles. The van der Waals surface area contributed by atoms with E-state index >= 15 is 0 Å². The fourth-order valence-electron chi connectivity index (χ4n) is 3.03. The van der Waals surface area contributed by atoms with Gasteiger partial charge in [-0.15, -0.1) is 0 Å². The summed E-state index contributed by atoms with van der Waals surface area (Å²) in [4.78, 5) is 16.7. The number of carbonyl (C=O) groups excluding carboxylic acids is 1. The highest BCUT2D eigenvalue weighted by molar-refractivity contribution is 7.08. The summed E-state index contributed by atoms with van der Waals surface area (Å²) < 4.78 is 5.75. The fourth-order valence-corrected chi connectivity index (χ4v) is 3.66. The molecule has 0 bridgehead atoms. The second kappa shape index (κ2) is 9.01. The summed E-state index contributed by atoms with van der Waals surface area (Å²) in [7, 11) is 4.05. The number of anilines is 1. The van der Waals surface area contributed by atoms with Gasteiger partial charge in [-0.3, -0.25) is 4.79 Å². The molecule has 2 aromatic rings. The van der Waals surface area contributed by atoms with Crippen LogP contribution in [0.2, 0.25) is 0 Å². The van der Waals surface area contributed by atoms with E-state index in [1.165, 1.54) is 0 Å². The Hall–Kier alpha value is -2.11. The van der Waals surface area contributed by atoms with Crippen LogP contribution in [-0.4, -0.2) is 44.2 Å². The van der Waals surface area contributed by atoms with Crippen molar-refractivity contribution in [1.29, 1.82) is 0 Å². The third-order valence-corrected chi connectivity index (χ3v) is 5.25. The molecule has 1 unspecified atom stereocenters. The molecule has 0 aliphatic carbocycles. The van der Waals surface area contributed by atoms with Gasteiger partial charge in [0.15, 0.2) is 0 Å². The molecule has 1 aliphatic rings. The van der Waals surface area contributed by atoms with E-state index in [0.29, 0.717) is 13.1 Å². The Bertz CT molecular complexity index is 717. The van der Waals surface area contributed by atoms with Crippen LogP contribution in [0.15, 0.2) is 47.2 Å². The minimum absolute atomic E-state index is 0.0309. The molecule has 3 rings (SSSR count). The van der Waals surface area contributed by atoms with Crippen LogP contribution in [0.4, 0.5) is 5.69 Å². The van der Waals surface area contributed by atoms with Crippen LogP contribution in [0.1, 0.15) is 24.0 Å². The van der Waals surface area contributed by atoms with E-state index in [2.05, 4.69) is 29.2 Å². The molecule has 5 heteroatoms. The Labute approximate surface area is 159 Å². The summed E-state index contributed by atoms with van der Waals surface area (Å²) in [5.41, 5.74) is 3.35. The molecule has 0 spiro atoms. The topological polar surface area (TPSA) is 32.8 Å². The lowest BCUT2D eigenvalue weighted by Gasteiger charge is -2.25. The van der Waals surface area contributed by atoms with Crippen molar-refractivity contribution in [3.8, 4) is 0 Å². The molecule has 0 radical (unpaired) electrons. The summed E-state index contributed by atoms with van der Waals surface area (Å²) in [6.45, 7) is 2.04. The maximum atomic E-state index is 12.8. The molecule has 1 amide bonds. The largest absolute Gasteiger partial charge is 0.378 e. The maximum absolute atomic E-state index is 12.8. The third kappa shape index (κ3) is 5.19. The van der Waals surface area contributed by atoms with E-state index in [0.717, 1.165) is 36.3 Å². The zero-order valence-electron chi connectivity index (χ0n) is 15.4. The van der Waals surface area contributed by atoms with Gasteiger partial charge in [-0.1, -0.05) is 12.1 Å². The molecule has 26 heavy (non-hydrogen) atoms. The normalized spacial score (nSPS) is 16.9. The van der Waals surface area contributed by atoms with Crippen LogP contribution < -0.4 is 4.90 Å². The van der Waals surface area contributed by atoms with Gasteiger partial charge in [0.25, 0.3) is 0 Å². The molecule has 2 heterocycles. The molecular formula is C21H26N2O2S. The number of benzene rings is 1. The first-order valence-corrected chi connectivity index (χ1v) is 9.93. The number of amides is 1. The molecular weight excluding hydrogens is 344 g/mol. The van der Waals surface area contributed by atoms with E-state index < -0.39 is 0 Å². The summed E-state index contributed by atoms with van der Waals surface area (Å²) >= 11 is 1.63. The van der Waals surface area contributed by atoms with Crippen LogP contribution in [0.25, 0.3) is 6.08 Å². The lowest BCUT2D eigenvalue weighted by atomic mass is 10.1. The Morgan fingerprint density at radius 2 is 2.08 bits per heavy atom. The van der Waals surface area contributed by atoms with Crippen LogP contribution >= 0.6 is 11.3 Å². The fraction of sp³-hybridized carbons (Fsp3) is 0.381. The van der Waals surface area contributed by atoms with Gasteiger partial charge in [0, 0.05) is 45.6 Å². The summed E-state index contributed by atoms with van der Waals surface area (Å²) in [5.74, 6) is 0.0309. The van der Waals surface area contributed by atoms with E-state index in [1.807, 2.05) is 41.9 Å². The van der Waals surface area contributed by atoms with Crippen molar-refractivity contribution in [1.82, 2.24) is 4.90 Å². The zero-order valence-corrected chi connectivity index (χ0v) is 16.2.